The van der Waals surface area contributed by atoms with Gasteiger partial charge in [-0.25, -0.2) is 8.42 Å². The average molecular weight is 344 g/mol. The van der Waals surface area contributed by atoms with Gasteiger partial charge in [0.2, 0.25) is 0 Å². The summed E-state index contributed by atoms with van der Waals surface area (Å²) in [7, 11) is -4.15. The van der Waals surface area contributed by atoms with Gasteiger partial charge in [0.25, 0.3) is 0 Å². The van der Waals surface area contributed by atoms with E-state index in [2.05, 4.69) is 6.92 Å². The van der Waals surface area contributed by atoms with Gasteiger partial charge in [0, 0.05) is 11.9 Å². The summed E-state index contributed by atoms with van der Waals surface area (Å²) < 4.78 is 33.8. The molecule has 0 aromatic heterocycles. The third kappa shape index (κ3) is 15.8. The molecule has 0 radical (unpaired) electrons. The minimum Gasteiger partial charge on any atom is -0.748 e. The van der Waals surface area contributed by atoms with E-state index in [0.29, 0.717) is 12.8 Å². The third-order valence-corrected chi connectivity index (χ3v) is 5.26. The third-order valence-electron chi connectivity index (χ3n) is 3.97. The van der Waals surface area contributed by atoms with Gasteiger partial charge in [-0.3, -0.25) is 0 Å². The van der Waals surface area contributed by atoms with Crippen LogP contribution in [0.25, 0.3) is 0 Å². The van der Waals surface area contributed by atoms with Crippen molar-refractivity contribution in [3.63, 3.8) is 0 Å². The van der Waals surface area contributed by atoms with Gasteiger partial charge < -0.3 is 9.66 Å². The smallest absolute Gasteiger partial charge is 0.748 e. The van der Waals surface area contributed by atoms with E-state index in [-0.39, 0.29) is 36.2 Å². The number of unbranched alkanes of at least 4 members (excludes halogenated alkanes) is 9. The molecular weight excluding hydrogens is 311 g/mol. The zero-order chi connectivity index (χ0) is 16.0. The SMILES string of the molecule is CCCCCCCCC(CCCCCCCO)S(=O)(=O)[O-].[Na+]. The molecule has 0 aromatic carbocycles. The van der Waals surface area contributed by atoms with Crippen molar-refractivity contribution in [2.24, 2.45) is 0 Å². The first-order valence-corrected chi connectivity index (χ1v) is 10.0. The van der Waals surface area contributed by atoms with Crippen molar-refractivity contribution in [3.8, 4) is 0 Å². The zero-order valence-corrected chi connectivity index (χ0v) is 17.4. The second-order valence-corrected chi connectivity index (χ2v) is 7.60. The Balaban J connectivity index is 0. The van der Waals surface area contributed by atoms with Crippen LogP contribution in [0.1, 0.15) is 90.4 Å². The summed E-state index contributed by atoms with van der Waals surface area (Å²) >= 11 is 0. The summed E-state index contributed by atoms with van der Waals surface area (Å²) in [6.45, 7) is 2.39. The summed E-state index contributed by atoms with van der Waals surface area (Å²) in [5.41, 5.74) is 0. The van der Waals surface area contributed by atoms with Gasteiger partial charge in [-0.1, -0.05) is 71.1 Å². The Morgan fingerprint density at radius 2 is 1.23 bits per heavy atom. The van der Waals surface area contributed by atoms with Gasteiger partial charge in [0.15, 0.2) is 0 Å². The van der Waals surface area contributed by atoms with E-state index in [1.165, 1.54) is 19.3 Å². The van der Waals surface area contributed by atoms with Crippen molar-refractivity contribution in [2.45, 2.75) is 95.6 Å². The van der Waals surface area contributed by atoms with Crippen LogP contribution in [0.5, 0.6) is 0 Å². The van der Waals surface area contributed by atoms with Gasteiger partial charge >= 0.3 is 29.6 Å². The Labute approximate surface area is 159 Å². The minimum atomic E-state index is -4.15. The van der Waals surface area contributed by atoms with Gasteiger partial charge in [-0.15, -0.1) is 0 Å². The van der Waals surface area contributed by atoms with Crippen LogP contribution in [0.4, 0.5) is 0 Å². The fourth-order valence-electron chi connectivity index (χ4n) is 2.60. The van der Waals surface area contributed by atoms with E-state index in [0.717, 1.165) is 51.4 Å². The van der Waals surface area contributed by atoms with Crippen LogP contribution in [0, 0.1) is 0 Å². The van der Waals surface area contributed by atoms with Crippen LogP contribution in [0.2, 0.25) is 0 Å². The molecule has 1 N–H and O–H groups in total. The van der Waals surface area contributed by atoms with Crippen molar-refractivity contribution in [3.05, 3.63) is 0 Å². The topological polar surface area (TPSA) is 77.4 Å². The summed E-state index contributed by atoms with van der Waals surface area (Å²) in [5, 5.41) is 7.98. The number of aliphatic hydroxyl groups is 1. The maximum Gasteiger partial charge on any atom is 1.00 e. The largest absolute Gasteiger partial charge is 1.00 e. The molecule has 128 valence electrons. The molecular formula is C16H33NaO4S. The molecule has 1 atom stereocenters. The Kier molecular flexibility index (Phi) is 19.1. The van der Waals surface area contributed by atoms with E-state index in [1.807, 2.05) is 0 Å². The first-order valence-electron chi connectivity index (χ1n) is 8.58. The Bertz CT molecular complexity index is 304. The van der Waals surface area contributed by atoms with Crippen molar-refractivity contribution in [2.75, 3.05) is 6.61 Å². The number of rotatable bonds is 15. The van der Waals surface area contributed by atoms with Crippen LogP contribution in [-0.4, -0.2) is 29.9 Å². The maximum absolute atomic E-state index is 11.3. The van der Waals surface area contributed by atoms with Crippen LogP contribution in [-0.2, 0) is 10.1 Å². The maximum atomic E-state index is 11.3. The van der Waals surface area contributed by atoms with E-state index >= 15 is 0 Å². The summed E-state index contributed by atoms with van der Waals surface area (Å²) in [4.78, 5) is 0. The Hall–Kier alpha value is 0.870. The normalized spacial score (nSPS) is 12.9. The van der Waals surface area contributed by atoms with Crippen LogP contribution >= 0.6 is 0 Å². The predicted octanol–water partition coefficient (Wildman–Crippen LogP) is 0.988. The molecule has 0 saturated carbocycles. The molecule has 0 aliphatic rings. The van der Waals surface area contributed by atoms with Gasteiger partial charge in [0.05, 0.1) is 10.1 Å². The molecule has 0 aliphatic heterocycles. The number of hydrogen-bond donors (Lipinski definition) is 1. The minimum absolute atomic E-state index is 0. The van der Waals surface area contributed by atoms with Gasteiger partial charge in [-0.2, -0.15) is 0 Å². The zero-order valence-electron chi connectivity index (χ0n) is 14.6. The van der Waals surface area contributed by atoms with Crippen LogP contribution in [0.3, 0.4) is 0 Å². The monoisotopic (exact) mass is 344 g/mol. The molecule has 0 spiro atoms. The first kappa shape index (κ1) is 25.1. The van der Waals surface area contributed by atoms with Gasteiger partial charge in [0.1, 0.15) is 0 Å². The molecule has 0 aliphatic carbocycles. The second-order valence-electron chi connectivity index (χ2n) is 5.95. The fourth-order valence-corrected chi connectivity index (χ4v) is 3.51. The Morgan fingerprint density at radius 3 is 1.64 bits per heavy atom. The standard InChI is InChI=1S/C16H34O4S.Na/c1-2-3-4-5-7-10-13-16(21(18,19)20)14-11-8-6-9-12-15-17;/h16-17H,2-15H2,1H3,(H,18,19,20);/q;+1/p-1. The Morgan fingerprint density at radius 1 is 0.818 bits per heavy atom. The van der Waals surface area contributed by atoms with Crippen LogP contribution < -0.4 is 29.6 Å². The molecule has 0 rings (SSSR count). The van der Waals surface area contributed by atoms with Gasteiger partial charge in [-0.05, 0) is 19.3 Å². The molecule has 0 amide bonds. The predicted molar refractivity (Wildman–Crippen MR) is 86.3 cm³/mol. The quantitative estimate of drug-likeness (QED) is 0.273. The number of hydrogen-bond acceptors (Lipinski definition) is 4. The van der Waals surface area contributed by atoms with Crippen molar-refractivity contribution < 1.29 is 47.6 Å². The molecule has 22 heavy (non-hydrogen) atoms. The van der Waals surface area contributed by atoms with Crippen molar-refractivity contribution in [1.82, 2.24) is 0 Å². The molecule has 1 unspecified atom stereocenters. The average Bonchev–Trinajstić information content (AvgIpc) is 2.42. The van der Waals surface area contributed by atoms with E-state index in [4.69, 9.17) is 5.11 Å². The summed E-state index contributed by atoms with van der Waals surface area (Å²) in [6.07, 6.45) is 12.2. The van der Waals surface area contributed by atoms with Crippen LogP contribution in [0.15, 0.2) is 0 Å². The fraction of sp³-hybridized carbons (Fsp3) is 1.00. The van der Waals surface area contributed by atoms with E-state index < -0.39 is 15.4 Å². The molecule has 0 bridgehead atoms. The van der Waals surface area contributed by atoms with Crippen molar-refractivity contribution >= 4 is 10.1 Å². The summed E-state index contributed by atoms with van der Waals surface area (Å²) in [5.74, 6) is 0. The molecule has 6 heteroatoms. The molecule has 0 heterocycles. The van der Waals surface area contributed by atoms with E-state index in [1.54, 1.807) is 0 Å². The number of aliphatic hydroxyl groups excluding tert-OH is 1. The molecule has 0 fully saturated rings. The first-order chi connectivity index (χ1) is 10.0. The molecule has 0 saturated heterocycles. The second kappa shape index (κ2) is 16.7. The molecule has 4 nitrogen and oxygen atoms in total. The molecule has 0 aromatic rings. The van der Waals surface area contributed by atoms with E-state index in [9.17, 15) is 13.0 Å². The summed E-state index contributed by atoms with van der Waals surface area (Å²) in [6, 6.07) is 0. The van der Waals surface area contributed by atoms with Crippen molar-refractivity contribution in [1.29, 1.82) is 0 Å².